The number of halogens is 1. The first-order valence-electron chi connectivity index (χ1n) is 4.71. The lowest BCUT2D eigenvalue weighted by atomic mass is 10.2. The molecule has 0 saturated carbocycles. The van der Waals surface area contributed by atoms with Gasteiger partial charge in [0.2, 0.25) is 0 Å². The lowest BCUT2D eigenvalue weighted by molar-refractivity contribution is 1.67. The van der Waals surface area contributed by atoms with Crippen molar-refractivity contribution in [3.63, 3.8) is 0 Å². The Balaban J connectivity index is 0.000000151. The molecule has 0 atom stereocenters. The molecule has 0 unspecified atom stereocenters. The Hall–Kier alpha value is -1.53. The molecule has 2 aromatic rings. The number of hydrogen-bond donors (Lipinski definition) is 0. The molecule has 2 aromatic carbocycles. The molecule has 0 saturated heterocycles. The highest BCUT2D eigenvalue weighted by molar-refractivity contribution is 6.30. The summed E-state index contributed by atoms with van der Waals surface area (Å²) in [7, 11) is 0. The van der Waals surface area contributed by atoms with Crippen molar-refractivity contribution in [2.45, 2.75) is 0 Å². The summed E-state index contributed by atoms with van der Waals surface area (Å²) in [5, 5.41) is 0.794. The first-order valence-corrected chi connectivity index (χ1v) is 5.09. The van der Waals surface area contributed by atoms with Gasteiger partial charge in [-0.25, -0.2) is 0 Å². The van der Waals surface area contributed by atoms with E-state index in [0.717, 1.165) is 5.02 Å². The molecule has 0 radical (unpaired) electrons. The predicted molar refractivity (Wildman–Crippen MR) is 68.0 cm³/mol. The van der Waals surface area contributed by atoms with E-state index in [-0.39, 0.29) is 0 Å². The summed E-state index contributed by atoms with van der Waals surface area (Å²) in [4.78, 5) is 0. The molecule has 0 nitrogen and oxygen atoms in total. The zero-order valence-corrected chi connectivity index (χ0v) is 9.19. The molecule has 0 fully saturated rings. The van der Waals surface area contributed by atoms with Crippen LogP contribution in [0.1, 0.15) is 5.56 Å². The molecule has 0 aliphatic heterocycles. The quantitative estimate of drug-likeness (QED) is 0.650. The van der Waals surface area contributed by atoms with E-state index in [0.29, 0.717) is 0 Å². The van der Waals surface area contributed by atoms with Crippen LogP contribution < -0.4 is 0 Å². The highest BCUT2D eigenvalue weighted by Crippen LogP contribution is 2.03. The van der Waals surface area contributed by atoms with Crippen LogP contribution in [0, 0.1) is 0 Å². The third-order valence-corrected chi connectivity index (χ3v) is 2.02. The van der Waals surface area contributed by atoms with Crippen LogP contribution in [0.15, 0.2) is 67.2 Å². The molecule has 0 aliphatic carbocycles. The first kappa shape index (κ1) is 11.5. The van der Waals surface area contributed by atoms with Crippen molar-refractivity contribution in [3.05, 3.63) is 77.8 Å². The molecule has 0 heterocycles. The Morgan fingerprint density at radius 1 is 0.800 bits per heavy atom. The number of benzene rings is 2. The molecular weight excluding hydrogens is 204 g/mol. The van der Waals surface area contributed by atoms with Crippen molar-refractivity contribution in [1.29, 1.82) is 0 Å². The fourth-order valence-corrected chi connectivity index (χ4v) is 1.15. The largest absolute Gasteiger partial charge is 0.0985 e. The Morgan fingerprint density at radius 3 is 1.53 bits per heavy atom. The molecule has 15 heavy (non-hydrogen) atoms. The maximum atomic E-state index is 5.54. The summed E-state index contributed by atoms with van der Waals surface area (Å²) in [5.41, 5.74) is 1.17. The summed E-state index contributed by atoms with van der Waals surface area (Å²) in [5.74, 6) is 0. The van der Waals surface area contributed by atoms with Crippen LogP contribution in [0.25, 0.3) is 6.08 Å². The Kier molecular flexibility index (Phi) is 5.28. The molecule has 0 aliphatic rings. The van der Waals surface area contributed by atoms with Crippen LogP contribution in [-0.2, 0) is 0 Å². The van der Waals surface area contributed by atoms with E-state index in [4.69, 9.17) is 11.6 Å². The SMILES string of the molecule is C=Cc1ccccc1.Clc1ccccc1. The topological polar surface area (TPSA) is 0 Å². The molecule has 1 heteroatoms. The molecule has 76 valence electrons. The van der Waals surface area contributed by atoms with Gasteiger partial charge >= 0.3 is 0 Å². The highest BCUT2D eigenvalue weighted by atomic mass is 35.5. The van der Waals surface area contributed by atoms with Crippen molar-refractivity contribution in [2.24, 2.45) is 0 Å². The van der Waals surface area contributed by atoms with Crippen LogP contribution in [0.4, 0.5) is 0 Å². The van der Waals surface area contributed by atoms with Gasteiger partial charge in [0.05, 0.1) is 0 Å². The average Bonchev–Trinajstić information content (AvgIpc) is 2.32. The zero-order chi connectivity index (χ0) is 10.9. The smallest absolute Gasteiger partial charge is 0.0405 e. The van der Waals surface area contributed by atoms with Gasteiger partial charge in [-0.05, 0) is 17.7 Å². The van der Waals surface area contributed by atoms with Gasteiger partial charge < -0.3 is 0 Å². The normalized spacial score (nSPS) is 8.60. The number of hydrogen-bond acceptors (Lipinski definition) is 0. The van der Waals surface area contributed by atoms with E-state index in [1.54, 1.807) is 0 Å². The van der Waals surface area contributed by atoms with Crippen molar-refractivity contribution in [3.8, 4) is 0 Å². The minimum atomic E-state index is 0.794. The number of rotatable bonds is 1. The van der Waals surface area contributed by atoms with Crippen LogP contribution in [0.2, 0.25) is 5.02 Å². The van der Waals surface area contributed by atoms with Crippen molar-refractivity contribution in [2.75, 3.05) is 0 Å². The molecule has 2 rings (SSSR count). The van der Waals surface area contributed by atoms with Gasteiger partial charge in [-0.15, -0.1) is 0 Å². The summed E-state index contributed by atoms with van der Waals surface area (Å²) in [6.45, 7) is 3.63. The van der Waals surface area contributed by atoms with Gasteiger partial charge in [0.25, 0.3) is 0 Å². The van der Waals surface area contributed by atoms with Crippen molar-refractivity contribution in [1.82, 2.24) is 0 Å². The fourth-order valence-electron chi connectivity index (χ4n) is 1.00. The Morgan fingerprint density at radius 2 is 1.27 bits per heavy atom. The van der Waals surface area contributed by atoms with Crippen LogP contribution in [0.3, 0.4) is 0 Å². The molecule has 0 amide bonds. The maximum absolute atomic E-state index is 5.54. The molecular formula is C14H13Cl. The van der Waals surface area contributed by atoms with Crippen molar-refractivity contribution >= 4 is 17.7 Å². The second kappa shape index (κ2) is 6.86. The highest BCUT2D eigenvalue weighted by Gasteiger charge is 1.76. The van der Waals surface area contributed by atoms with E-state index in [9.17, 15) is 0 Å². The van der Waals surface area contributed by atoms with E-state index >= 15 is 0 Å². The van der Waals surface area contributed by atoms with Gasteiger partial charge in [0.1, 0.15) is 0 Å². The monoisotopic (exact) mass is 216 g/mol. The van der Waals surface area contributed by atoms with E-state index in [1.165, 1.54) is 5.56 Å². The molecule has 0 bridgehead atoms. The lowest BCUT2D eigenvalue weighted by Crippen LogP contribution is -1.63. The van der Waals surface area contributed by atoms with Gasteiger partial charge in [0.15, 0.2) is 0 Å². The third-order valence-electron chi connectivity index (χ3n) is 1.77. The summed E-state index contributed by atoms with van der Waals surface area (Å²) in [6, 6.07) is 19.5. The summed E-state index contributed by atoms with van der Waals surface area (Å²) in [6.07, 6.45) is 1.83. The third kappa shape index (κ3) is 5.04. The van der Waals surface area contributed by atoms with E-state index < -0.39 is 0 Å². The summed E-state index contributed by atoms with van der Waals surface area (Å²) >= 11 is 5.54. The molecule has 0 N–H and O–H groups in total. The lowest BCUT2D eigenvalue weighted by Gasteiger charge is -1.85. The van der Waals surface area contributed by atoms with Crippen LogP contribution in [-0.4, -0.2) is 0 Å². The Bertz CT molecular complexity index is 379. The molecule has 0 spiro atoms. The minimum Gasteiger partial charge on any atom is -0.0985 e. The van der Waals surface area contributed by atoms with Gasteiger partial charge in [-0.3, -0.25) is 0 Å². The van der Waals surface area contributed by atoms with E-state index in [1.807, 2.05) is 66.7 Å². The Labute approximate surface area is 95.8 Å². The van der Waals surface area contributed by atoms with Crippen molar-refractivity contribution < 1.29 is 0 Å². The maximum Gasteiger partial charge on any atom is 0.0405 e. The second-order valence-electron chi connectivity index (χ2n) is 2.91. The fraction of sp³-hybridized carbons (Fsp3) is 0. The molecule has 0 aromatic heterocycles. The van der Waals surface area contributed by atoms with Gasteiger partial charge in [-0.2, -0.15) is 0 Å². The van der Waals surface area contributed by atoms with Crippen LogP contribution in [0.5, 0.6) is 0 Å². The van der Waals surface area contributed by atoms with Gasteiger partial charge in [0, 0.05) is 5.02 Å². The van der Waals surface area contributed by atoms with E-state index in [2.05, 4.69) is 6.58 Å². The van der Waals surface area contributed by atoms with Crippen LogP contribution >= 0.6 is 11.6 Å². The summed E-state index contributed by atoms with van der Waals surface area (Å²) < 4.78 is 0. The zero-order valence-electron chi connectivity index (χ0n) is 8.44. The minimum absolute atomic E-state index is 0.794. The average molecular weight is 217 g/mol. The standard InChI is InChI=1S/C8H8.C6H5Cl/c1-2-8-6-4-3-5-7-8;7-6-4-2-1-3-5-6/h2-7H,1H2;1-5H. The predicted octanol–water partition coefficient (Wildman–Crippen LogP) is 4.67. The first-order chi connectivity index (χ1) is 7.33. The van der Waals surface area contributed by atoms with Gasteiger partial charge in [-0.1, -0.05) is 72.8 Å². The second-order valence-corrected chi connectivity index (χ2v) is 3.35.